The summed E-state index contributed by atoms with van der Waals surface area (Å²) < 4.78 is 13.0. The minimum Gasteiger partial charge on any atom is -0.368 e. The second kappa shape index (κ2) is 6.14. The zero-order valence-electron chi connectivity index (χ0n) is 12.0. The summed E-state index contributed by atoms with van der Waals surface area (Å²) in [4.78, 5) is 4.67. The van der Waals surface area contributed by atoms with Gasteiger partial charge in [0.25, 0.3) is 0 Å². The Balaban J connectivity index is 1.62. The lowest BCUT2D eigenvalue weighted by Gasteiger charge is -2.37. The first-order valence-electron chi connectivity index (χ1n) is 7.31. The van der Waals surface area contributed by atoms with Crippen LogP contribution in [0.3, 0.4) is 0 Å². The van der Waals surface area contributed by atoms with Crippen LogP contribution in [0, 0.1) is 5.82 Å². The predicted octanol–water partition coefficient (Wildman–Crippen LogP) is 2.61. The van der Waals surface area contributed by atoms with Crippen LogP contribution in [0.25, 0.3) is 0 Å². The first-order valence-corrected chi connectivity index (χ1v) is 7.31. The van der Waals surface area contributed by atoms with Crippen molar-refractivity contribution in [2.24, 2.45) is 5.73 Å². The van der Waals surface area contributed by atoms with Crippen molar-refractivity contribution in [1.29, 1.82) is 0 Å². The predicted molar refractivity (Wildman–Crippen MR) is 85.2 cm³/mol. The molecule has 3 rings (SSSR count). The Labute approximate surface area is 124 Å². The molecule has 1 aliphatic rings. The molecule has 110 valence electrons. The fourth-order valence-electron chi connectivity index (χ4n) is 2.72. The average Bonchev–Trinajstić information content (AvgIpc) is 2.56. The monoisotopic (exact) mass is 285 g/mol. The molecule has 1 saturated heterocycles. The van der Waals surface area contributed by atoms with Gasteiger partial charge in [-0.2, -0.15) is 0 Å². The molecule has 21 heavy (non-hydrogen) atoms. The molecular weight excluding hydrogens is 265 g/mol. The van der Waals surface area contributed by atoms with Gasteiger partial charge in [-0.15, -0.1) is 0 Å². The highest BCUT2D eigenvalue weighted by atomic mass is 19.1. The summed E-state index contributed by atoms with van der Waals surface area (Å²) in [6, 6.07) is 15.2. The Morgan fingerprint density at radius 3 is 1.62 bits per heavy atom. The van der Waals surface area contributed by atoms with Crippen LogP contribution in [-0.4, -0.2) is 26.2 Å². The second-order valence-corrected chi connectivity index (χ2v) is 5.32. The van der Waals surface area contributed by atoms with Crippen molar-refractivity contribution >= 4 is 11.4 Å². The third kappa shape index (κ3) is 3.16. The summed E-state index contributed by atoms with van der Waals surface area (Å²) in [5.74, 6) is -0.183. The normalized spacial score (nSPS) is 15.3. The van der Waals surface area contributed by atoms with Crippen molar-refractivity contribution in [3.8, 4) is 0 Å². The number of piperazine rings is 1. The van der Waals surface area contributed by atoms with Gasteiger partial charge in [-0.3, -0.25) is 0 Å². The van der Waals surface area contributed by atoms with Crippen molar-refractivity contribution in [3.63, 3.8) is 0 Å². The highest BCUT2D eigenvalue weighted by Gasteiger charge is 2.17. The maximum Gasteiger partial charge on any atom is 0.123 e. The van der Waals surface area contributed by atoms with Crippen molar-refractivity contribution in [2.45, 2.75) is 6.54 Å². The molecule has 0 radical (unpaired) electrons. The third-order valence-corrected chi connectivity index (χ3v) is 4.01. The Bertz CT molecular complexity index is 572. The van der Waals surface area contributed by atoms with Gasteiger partial charge in [-0.25, -0.2) is 4.39 Å². The number of halogens is 1. The molecule has 0 saturated carbocycles. The number of rotatable bonds is 3. The van der Waals surface area contributed by atoms with Crippen LogP contribution in [0.5, 0.6) is 0 Å². The van der Waals surface area contributed by atoms with E-state index >= 15 is 0 Å². The van der Waals surface area contributed by atoms with Crippen LogP contribution < -0.4 is 15.5 Å². The Kier molecular flexibility index (Phi) is 4.06. The molecule has 0 unspecified atom stereocenters. The molecule has 0 aliphatic carbocycles. The number of hydrogen-bond acceptors (Lipinski definition) is 3. The molecule has 0 spiro atoms. The summed E-state index contributed by atoms with van der Waals surface area (Å²) in [6.45, 7) is 4.42. The van der Waals surface area contributed by atoms with Crippen molar-refractivity contribution < 1.29 is 4.39 Å². The van der Waals surface area contributed by atoms with Crippen LogP contribution in [-0.2, 0) is 6.54 Å². The van der Waals surface area contributed by atoms with Crippen molar-refractivity contribution in [1.82, 2.24) is 0 Å². The topological polar surface area (TPSA) is 32.5 Å². The standard InChI is InChI=1S/C17H20FN3/c18-15-3-7-17(8-4-15)21-11-9-20(10-12-21)16-5-1-14(13-19)2-6-16/h1-8H,9-13,19H2. The van der Waals surface area contributed by atoms with Gasteiger partial charge in [0.1, 0.15) is 5.82 Å². The van der Waals surface area contributed by atoms with Crippen molar-refractivity contribution in [2.75, 3.05) is 36.0 Å². The smallest absolute Gasteiger partial charge is 0.123 e. The van der Waals surface area contributed by atoms with Gasteiger partial charge in [-0.05, 0) is 42.0 Å². The van der Waals surface area contributed by atoms with Crippen LogP contribution in [0.4, 0.5) is 15.8 Å². The van der Waals surface area contributed by atoms with E-state index in [1.165, 1.54) is 17.8 Å². The van der Waals surface area contributed by atoms with E-state index in [1.54, 1.807) is 0 Å². The summed E-state index contributed by atoms with van der Waals surface area (Å²) in [5, 5.41) is 0. The van der Waals surface area contributed by atoms with Gasteiger partial charge in [0, 0.05) is 44.1 Å². The molecule has 2 N–H and O–H groups in total. The lowest BCUT2D eigenvalue weighted by molar-refractivity contribution is 0.625. The SMILES string of the molecule is NCc1ccc(N2CCN(c3ccc(F)cc3)CC2)cc1. The summed E-state index contributed by atoms with van der Waals surface area (Å²) >= 11 is 0. The van der Waals surface area contributed by atoms with Gasteiger partial charge in [0.05, 0.1) is 0 Å². The van der Waals surface area contributed by atoms with E-state index in [1.807, 2.05) is 12.1 Å². The number of nitrogens with zero attached hydrogens (tertiary/aromatic N) is 2. The number of benzene rings is 2. The zero-order chi connectivity index (χ0) is 14.7. The highest BCUT2D eigenvalue weighted by Crippen LogP contribution is 2.21. The maximum atomic E-state index is 13.0. The van der Waals surface area contributed by atoms with Gasteiger partial charge in [-0.1, -0.05) is 12.1 Å². The second-order valence-electron chi connectivity index (χ2n) is 5.32. The molecule has 1 aliphatic heterocycles. The van der Waals surface area contributed by atoms with Crippen molar-refractivity contribution in [3.05, 3.63) is 59.9 Å². The van der Waals surface area contributed by atoms with Crippen LogP contribution >= 0.6 is 0 Å². The van der Waals surface area contributed by atoms with Crippen LogP contribution in [0.1, 0.15) is 5.56 Å². The van der Waals surface area contributed by atoms with Gasteiger partial charge in [0.2, 0.25) is 0 Å². The molecule has 4 heteroatoms. The largest absolute Gasteiger partial charge is 0.368 e. The number of anilines is 2. The first-order chi connectivity index (χ1) is 10.3. The number of nitrogens with two attached hydrogens (primary N) is 1. The third-order valence-electron chi connectivity index (χ3n) is 4.01. The highest BCUT2D eigenvalue weighted by molar-refractivity contribution is 5.52. The molecule has 0 amide bonds. The van der Waals surface area contributed by atoms with Crippen LogP contribution in [0.15, 0.2) is 48.5 Å². The minimum atomic E-state index is -0.183. The van der Waals surface area contributed by atoms with E-state index < -0.39 is 0 Å². The van der Waals surface area contributed by atoms with E-state index in [9.17, 15) is 4.39 Å². The lowest BCUT2D eigenvalue weighted by Crippen LogP contribution is -2.46. The molecular formula is C17H20FN3. The molecule has 2 aromatic carbocycles. The van der Waals surface area contributed by atoms with Gasteiger partial charge >= 0.3 is 0 Å². The Morgan fingerprint density at radius 1 is 0.762 bits per heavy atom. The van der Waals surface area contributed by atoms with E-state index in [0.29, 0.717) is 6.54 Å². The van der Waals surface area contributed by atoms with Crippen LogP contribution in [0.2, 0.25) is 0 Å². The summed E-state index contributed by atoms with van der Waals surface area (Å²) in [7, 11) is 0. The molecule has 1 fully saturated rings. The van der Waals surface area contributed by atoms with E-state index in [0.717, 1.165) is 37.4 Å². The van der Waals surface area contributed by atoms with Gasteiger partial charge < -0.3 is 15.5 Å². The average molecular weight is 285 g/mol. The fraction of sp³-hybridized carbons (Fsp3) is 0.294. The number of hydrogen-bond donors (Lipinski definition) is 1. The first kappa shape index (κ1) is 13.9. The molecule has 0 bridgehead atoms. The molecule has 1 heterocycles. The molecule has 3 nitrogen and oxygen atoms in total. The molecule has 0 atom stereocenters. The maximum absolute atomic E-state index is 13.0. The Hall–Kier alpha value is -2.07. The Morgan fingerprint density at radius 2 is 1.19 bits per heavy atom. The quantitative estimate of drug-likeness (QED) is 0.941. The summed E-state index contributed by atoms with van der Waals surface area (Å²) in [5.41, 5.74) is 9.11. The minimum absolute atomic E-state index is 0.183. The van der Waals surface area contributed by atoms with E-state index in [4.69, 9.17) is 5.73 Å². The fourth-order valence-corrected chi connectivity index (χ4v) is 2.72. The van der Waals surface area contributed by atoms with Gasteiger partial charge in [0.15, 0.2) is 0 Å². The van der Waals surface area contributed by atoms with E-state index in [2.05, 4.69) is 34.1 Å². The zero-order valence-corrected chi connectivity index (χ0v) is 12.0. The summed E-state index contributed by atoms with van der Waals surface area (Å²) in [6.07, 6.45) is 0. The molecule has 0 aromatic heterocycles. The molecule has 2 aromatic rings. The lowest BCUT2D eigenvalue weighted by atomic mass is 10.1. The van der Waals surface area contributed by atoms with E-state index in [-0.39, 0.29) is 5.82 Å².